The third-order valence-electron chi connectivity index (χ3n) is 4.23. The molecule has 0 radical (unpaired) electrons. The number of halogens is 1. The number of nitrogens with one attached hydrogen (secondary N) is 1. The third kappa shape index (κ3) is 3.35. The van der Waals surface area contributed by atoms with Crippen LogP contribution in [0.2, 0.25) is 5.02 Å². The van der Waals surface area contributed by atoms with Crippen molar-refractivity contribution in [1.29, 1.82) is 0 Å². The molecule has 22 heavy (non-hydrogen) atoms. The monoisotopic (exact) mass is 322 g/mol. The van der Waals surface area contributed by atoms with Crippen LogP contribution in [0.4, 0.5) is 5.69 Å². The Balaban J connectivity index is 1.64. The molecule has 6 heteroatoms. The lowest BCUT2D eigenvalue weighted by Gasteiger charge is -2.29. The number of carbonyl (C=O) groups excluding carboxylic acids is 2. The van der Waals surface area contributed by atoms with Gasteiger partial charge in [-0.1, -0.05) is 24.4 Å². The van der Waals surface area contributed by atoms with Gasteiger partial charge in [-0.25, -0.2) is 0 Å². The molecular weight excluding hydrogens is 304 g/mol. The first kappa shape index (κ1) is 15.2. The summed E-state index contributed by atoms with van der Waals surface area (Å²) in [5.41, 5.74) is 0.555. The minimum absolute atomic E-state index is 0.00224. The highest BCUT2D eigenvalue weighted by Gasteiger charge is 2.27. The molecule has 1 aliphatic carbocycles. The highest BCUT2D eigenvalue weighted by Crippen LogP contribution is 2.34. The lowest BCUT2D eigenvalue weighted by atomic mass is 10.1. The van der Waals surface area contributed by atoms with Crippen LogP contribution in [0.25, 0.3) is 0 Å². The molecule has 2 amide bonds. The summed E-state index contributed by atoms with van der Waals surface area (Å²) in [6.45, 7) is 0.645. The maximum absolute atomic E-state index is 12.1. The second-order valence-corrected chi connectivity index (χ2v) is 6.27. The molecule has 2 aliphatic rings. The molecule has 1 aliphatic heterocycles. The van der Waals surface area contributed by atoms with Crippen molar-refractivity contribution < 1.29 is 14.3 Å². The molecule has 1 aromatic carbocycles. The molecule has 0 bridgehead atoms. The number of anilines is 1. The molecule has 0 saturated heterocycles. The standard InChI is InChI=1S/C16H19ClN2O3/c17-12-5-6-14-13(7-12)19(16(21)10-22-14)9-15(20)18-8-11-3-1-2-4-11/h5-7,11H,1-4,8-10H2,(H,18,20). The van der Waals surface area contributed by atoms with Crippen LogP contribution >= 0.6 is 11.6 Å². The van der Waals surface area contributed by atoms with Crippen molar-refractivity contribution in [2.24, 2.45) is 5.92 Å². The van der Waals surface area contributed by atoms with Crippen LogP contribution in [0.1, 0.15) is 25.7 Å². The quantitative estimate of drug-likeness (QED) is 0.926. The van der Waals surface area contributed by atoms with E-state index in [4.69, 9.17) is 16.3 Å². The number of fused-ring (bicyclic) bond motifs is 1. The van der Waals surface area contributed by atoms with Gasteiger partial charge in [0, 0.05) is 11.6 Å². The van der Waals surface area contributed by atoms with E-state index in [0.29, 0.717) is 28.9 Å². The van der Waals surface area contributed by atoms with Crippen LogP contribution in [-0.4, -0.2) is 31.5 Å². The predicted octanol–water partition coefficient (Wildman–Crippen LogP) is 2.37. The molecular formula is C16H19ClN2O3. The number of nitrogens with zero attached hydrogens (tertiary/aromatic N) is 1. The van der Waals surface area contributed by atoms with E-state index in [0.717, 1.165) is 0 Å². The van der Waals surface area contributed by atoms with Crippen molar-refractivity contribution in [2.75, 3.05) is 24.6 Å². The van der Waals surface area contributed by atoms with Gasteiger partial charge in [-0.2, -0.15) is 0 Å². The molecule has 0 aromatic heterocycles. The summed E-state index contributed by atoms with van der Waals surface area (Å²) in [7, 11) is 0. The van der Waals surface area contributed by atoms with Crippen LogP contribution in [0.15, 0.2) is 18.2 Å². The summed E-state index contributed by atoms with van der Waals surface area (Å²) in [5, 5.41) is 3.44. The highest BCUT2D eigenvalue weighted by atomic mass is 35.5. The van der Waals surface area contributed by atoms with Crippen molar-refractivity contribution >= 4 is 29.1 Å². The Hall–Kier alpha value is -1.75. The fourth-order valence-corrected chi connectivity index (χ4v) is 3.19. The topological polar surface area (TPSA) is 58.6 Å². The van der Waals surface area contributed by atoms with Gasteiger partial charge < -0.3 is 10.1 Å². The van der Waals surface area contributed by atoms with Crippen molar-refractivity contribution in [2.45, 2.75) is 25.7 Å². The Morgan fingerprint density at radius 3 is 2.91 bits per heavy atom. The first-order chi connectivity index (χ1) is 10.6. The summed E-state index contributed by atoms with van der Waals surface area (Å²) in [6.07, 6.45) is 4.84. The van der Waals surface area contributed by atoms with E-state index in [2.05, 4.69) is 5.32 Å². The minimum Gasteiger partial charge on any atom is -0.482 e. The number of amides is 2. The molecule has 0 spiro atoms. The molecule has 118 valence electrons. The summed E-state index contributed by atoms with van der Waals surface area (Å²) in [4.78, 5) is 25.6. The Morgan fingerprint density at radius 1 is 1.36 bits per heavy atom. The average Bonchev–Trinajstić information content (AvgIpc) is 3.02. The van der Waals surface area contributed by atoms with Gasteiger partial charge in [0.25, 0.3) is 5.91 Å². The van der Waals surface area contributed by atoms with Gasteiger partial charge in [0.05, 0.1) is 5.69 Å². The zero-order valence-corrected chi connectivity index (χ0v) is 13.1. The molecule has 1 heterocycles. The maximum atomic E-state index is 12.1. The predicted molar refractivity (Wildman–Crippen MR) is 84.3 cm³/mol. The van der Waals surface area contributed by atoms with Crippen molar-refractivity contribution in [1.82, 2.24) is 5.32 Å². The van der Waals surface area contributed by atoms with Crippen LogP contribution < -0.4 is 15.0 Å². The normalized spacial score (nSPS) is 18.0. The Morgan fingerprint density at radius 2 is 2.14 bits per heavy atom. The van der Waals surface area contributed by atoms with Crippen molar-refractivity contribution in [3.05, 3.63) is 23.2 Å². The van der Waals surface area contributed by atoms with E-state index < -0.39 is 0 Å². The molecule has 5 nitrogen and oxygen atoms in total. The molecule has 1 N–H and O–H groups in total. The van der Waals surface area contributed by atoms with Gasteiger partial charge in [0.2, 0.25) is 5.91 Å². The van der Waals surface area contributed by atoms with E-state index in [1.807, 2.05) is 0 Å². The number of benzene rings is 1. The number of rotatable bonds is 4. The van der Waals surface area contributed by atoms with Crippen LogP contribution in [0.3, 0.4) is 0 Å². The smallest absolute Gasteiger partial charge is 0.265 e. The Bertz CT molecular complexity index is 585. The molecule has 3 rings (SSSR count). The first-order valence-corrected chi connectivity index (χ1v) is 8.00. The number of hydrogen-bond acceptors (Lipinski definition) is 3. The van der Waals surface area contributed by atoms with Crippen molar-refractivity contribution in [3.63, 3.8) is 0 Å². The zero-order valence-electron chi connectivity index (χ0n) is 12.3. The number of ether oxygens (including phenoxy) is 1. The summed E-state index contributed by atoms with van der Waals surface area (Å²) < 4.78 is 5.36. The van der Waals surface area contributed by atoms with Crippen LogP contribution in [0, 0.1) is 5.92 Å². The Labute approximate surface area is 134 Å². The summed E-state index contributed by atoms with van der Waals surface area (Å²) >= 11 is 5.98. The van der Waals surface area contributed by atoms with E-state index in [9.17, 15) is 9.59 Å². The SMILES string of the molecule is O=C(CN1C(=O)COc2ccc(Cl)cc21)NCC1CCCC1. The third-order valence-corrected chi connectivity index (χ3v) is 4.46. The van der Waals surface area contributed by atoms with Crippen LogP contribution in [0.5, 0.6) is 5.75 Å². The van der Waals surface area contributed by atoms with Gasteiger partial charge in [-0.3, -0.25) is 14.5 Å². The largest absolute Gasteiger partial charge is 0.482 e. The van der Waals surface area contributed by atoms with E-state index in [-0.39, 0.29) is 25.0 Å². The average molecular weight is 323 g/mol. The fourth-order valence-electron chi connectivity index (χ4n) is 3.02. The molecule has 0 unspecified atom stereocenters. The second kappa shape index (κ2) is 6.57. The summed E-state index contributed by atoms with van der Waals surface area (Å²) in [6, 6.07) is 5.07. The van der Waals surface area contributed by atoms with Gasteiger partial charge in [-0.15, -0.1) is 0 Å². The summed E-state index contributed by atoms with van der Waals surface area (Å²) in [5.74, 6) is 0.775. The molecule has 1 saturated carbocycles. The van der Waals surface area contributed by atoms with Gasteiger partial charge in [0.1, 0.15) is 12.3 Å². The second-order valence-electron chi connectivity index (χ2n) is 5.84. The Kier molecular flexibility index (Phi) is 4.52. The van der Waals surface area contributed by atoms with E-state index >= 15 is 0 Å². The minimum atomic E-state index is -0.231. The van der Waals surface area contributed by atoms with E-state index in [1.165, 1.54) is 30.6 Å². The lowest BCUT2D eigenvalue weighted by Crippen LogP contribution is -2.45. The van der Waals surface area contributed by atoms with Gasteiger partial charge in [0.15, 0.2) is 6.61 Å². The molecule has 0 atom stereocenters. The fraction of sp³-hybridized carbons (Fsp3) is 0.500. The van der Waals surface area contributed by atoms with E-state index in [1.54, 1.807) is 18.2 Å². The number of hydrogen-bond donors (Lipinski definition) is 1. The molecule has 1 fully saturated rings. The number of carbonyl (C=O) groups is 2. The van der Waals surface area contributed by atoms with Crippen LogP contribution in [-0.2, 0) is 9.59 Å². The van der Waals surface area contributed by atoms with Crippen molar-refractivity contribution in [3.8, 4) is 5.75 Å². The van der Waals surface area contributed by atoms with Gasteiger partial charge in [-0.05, 0) is 37.0 Å². The maximum Gasteiger partial charge on any atom is 0.265 e. The van der Waals surface area contributed by atoms with Gasteiger partial charge >= 0.3 is 0 Å². The highest BCUT2D eigenvalue weighted by molar-refractivity contribution is 6.31. The molecule has 1 aromatic rings. The first-order valence-electron chi connectivity index (χ1n) is 7.63. The lowest BCUT2D eigenvalue weighted by molar-refractivity contribution is -0.125. The zero-order chi connectivity index (χ0) is 15.5.